The molecule has 3 heterocycles. The monoisotopic (exact) mass is 427 g/mol. The van der Waals surface area contributed by atoms with E-state index in [1.54, 1.807) is 7.11 Å². The van der Waals surface area contributed by atoms with Crippen molar-refractivity contribution in [3.8, 4) is 17.0 Å². The highest BCUT2D eigenvalue weighted by Gasteiger charge is 2.35. The van der Waals surface area contributed by atoms with Gasteiger partial charge in [0.05, 0.1) is 18.4 Å². The van der Waals surface area contributed by atoms with Crippen LogP contribution in [0.4, 0.5) is 0 Å². The van der Waals surface area contributed by atoms with Gasteiger partial charge in [0.1, 0.15) is 11.4 Å². The molecule has 0 radical (unpaired) electrons. The Balaban J connectivity index is 1.41. The largest absolute Gasteiger partial charge is 0.497 e. The van der Waals surface area contributed by atoms with Gasteiger partial charge in [0.25, 0.3) is 0 Å². The summed E-state index contributed by atoms with van der Waals surface area (Å²) in [4.78, 5) is 10.5. The van der Waals surface area contributed by atoms with Gasteiger partial charge < -0.3 is 14.8 Å². The average Bonchev–Trinajstić information content (AvgIpc) is 3.19. The molecule has 5 heteroatoms. The second-order valence-corrected chi connectivity index (χ2v) is 8.73. The van der Waals surface area contributed by atoms with E-state index in [-0.39, 0.29) is 0 Å². The van der Waals surface area contributed by atoms with E-state index in [1.165, 1.54) is 5.56 Å². The number of aromatic nitrogens is 2. The number of rotatable bonds is 5. The Hall–Kier alpha value is -3.15. The SMILES string of the molecule is COc1ccc(-c2[nH]c3ncccc3c2CN2CCC(O)(c3ccccc3C)CC2)cc1. The van der Waals surface area contributed by atoms with Crippen molar-refractivity contribution in [2.75, 3.05) is 20.2 Å². The van der Waals surface area contributed by atoms with Gasteiger partial charge in [0, 0.05) is 36.8 Å². The van der Waals surface area contributed by atoms with Gasteiger partial charge in [-0.3, -0.25) is 4.90 Å². The standard InChI is InChI=1S/C27H29N3O2/c1-19-6-3-4-8-24(19)27(31)13-16-30(17-14-27)18-23-22-7-5-15-28-26(22)29-25(23)20-9-11-21(32-2)12-10-20/h3-12,15,31H,13-14,16-18H2,1-2H3,(H,28,29). The predicted molar refractivity (Wildman–Crippen MR) is 128 cm³/mol. The number of aliphatic hydroxyl groups is 1. The first-order valence-corrected chi connectivity index (χ1v) is 11.2. The van der Waals surface area contributed by atoms with Crippen molar-refractivity contribution < 1.29 is 9.84 Å². The van der Waals surface area contributed by atoms with Crippen LogP contribution in [0.1, 0.15) is 29.5 Å². The number of hydrogen-bond acceptors (Lipinski definition) is 4. The number of methoxy groups -OCH3 is 1. The Kier molecular flexibility index (Phi) is 5.45. The molecule has 32 heavy (non-hydrogen) atoms. The van der Waals surface area contributed by atoms with E-state index < -0.39 is 5.60 Å². The van der Waals surface area contributed by atoms with Crippen LogP contribution in [0, 0.1) is 6.92 Å². The molecule has 0 amide bonds. The van der Waals surface area contributed by atoms with Crippen molar-refractivity contribution in [3.05, 3.63) is 83.6 Å². The highest BCUT2D eigenvalue weighted by molar-refractivity contribution is 5.88. The number of piperidine rings is 1. The maximum absolute atomic E-state index is 11.4. The lowest BCUT2D eigenvalue weighted by molar-refractivity contribution is -0.0280. The molecule has 1 aliphatic rings. The molecule has 0 bridgehead atoms. The van der Waals surface area contributed by atoms with E-state index >= 15 is 0 Å². The van der Waals surface area contributed by atoms with E-state index in [4.69, 9.17) is 4.74 Å². The van der Waals surface area contributed by atoms with Gasteiger partial charge in [-0.05, 0) is 72.9 Å². The summed E-state index contributed by atoms with van der Waals surface area (Å²) >= 11 is 0. The van der Waals surface area contributed by atoms with Crippen LogP contribution >= 0.6 is 0 Å². The van der Waals surface area contributed by atoms with Crippen LogP contribution in [-0.2, 0) is 12.1 Å². The fourth-order valence-electron chi connectivity index (χ4n) is 4.91. The lowest BCUT2D eigenvalue weighted by Gasteiger charge is -2.39. The number of nitrogens with zero attached hydrogens (tertiary/aromatic N) is 2. The van der Waals surface area contributed by atoms with E-state index in [0.717, 1.165) is 71.6 Å². The van der Waals surface area contributed by atoms with Crippen LogP contribution in [-0.4, -0.2) is 40.2 Å². The third kappa shape index (κ3) is 3.78. The number of ether oxygens (including phenoxy) is 1. The van der Waals surface area contributed by atoms with Gasteiger partial charge in [0.2, 0.25) is 0 Å². The van der Waals surface area contributed by atoms with Gasteiger partial charge in [-0.15, -0.1) is 0 Å². The Morgan fingerprint density at radius 2 is 1.78 bits per heavy atom. The third-order valence-electron chi connectivity index (χ3n) is 6.77. The van der Waals surface area contributed by atoms with Crippen molar-refractivity contribution in [2.24, 2.45) is 0 Å². The summed E-state index contributed by atoms with van der Waals surface area (Å²) in [5.74, 6) is 0.844. The molecule has 5 rings (SSSR count). The van der Waals surface area contributed by atoms with E-state index in [1.807, 2.05) is 36.5 Å². The zero-order valence-corrected chi connectivity index (χ0v) is 18.6. The zero-order valence-electron chi connectivity index (χ0n) is 18.6. The lowest BCUT2D eigenvalue weighted by Crippen LogP contribution is -2.42. The number of hydrogen-bond donors (Lipinski definition) is 2. The van der Waals surface area contributed by atoms with Gasteiger partial charge in [-0.25, -0.2) is 4.98 Å². The molecule has 0 spiro atoms. The molecule has 5 nitrogen and oxygen atoms in total. The van der Waals surface area contributed by atoms with Gasteiger partial charge in [-0.1, -0.05) is 24.3 Å². The summed E-state index contributed by atoms with van der Waals surface area (Å²) < 4.78 is 5.33. The number of nitrogens with one attached hydrogen (secondary N) is 1. The molecule has 0 unspecified atom stereocenters. The first-order valence-electron chi connectivity index (χ1n) is 11.2. The molecule has 4 aromatic rings. The fourth-order valence-corrected chi connectivity index (χ4v) is 4.91. The van der Waals surface area contributed by atoms with Crippen molar-refractivity contribution >= 4 is 11.0 Å². The first kappa shape index (κ1) is 20.7. The smallest absolute Gasteiger partial charge is 0.138 e. The fraction of sp³-hybridized carbons (Fsp3) is 0.296. The van der Waals surface area contributed by atoms with E-state index in [0.29, 0.717) is 0 Å². The summed E-state index contributed by atoms with van der Waals surface area (Å²) in [6, 6.07) is 20.5. The molecule has 1 saturated heterocycles. The number of likely N-dealkylation sites (tertiary alicyclic amines) is 1. The summed E-state index contributed by atoms with van der Waals surface area (Å²) in [5, 5.41) is 12.5. The Morgan fingerprint density at radius 3 is 2.50 bits per heavy atom. The Bertz CT molecular complexity index is 1220. The number of fused-ring (bicyclic) bond motifs is 1. The quantitative estimate of drug-likeness (QED) is 0.469. The lowest BCUT2D eigenvalue weighted by atomic mass is 9.82. The predicted octanol–water partition coefficient (Wildman–Crippen LogP) is 5.03. The molecule has 164 valence electrons. The molecular weight excluding hydrogens is 398 g/mol. The molecule has 0 aliphatic carbocycles. The average molecular weight is 428 g/mol. The van der Waals surface area contributed by atoms with Crippen LogP contribution < -0.4 is 4.74 Å². The van der Waals surface area contributed by atoms with Crippen LogP contribution in [0.2, 0.25) is 0 Å². The second-order valence-electron chi connectivity index (χ2n) is 8.73. The number of aryl methyl sites for hydroxylation is 1. The van der Waals surface area contributed by atoms with Crippen molar-refractivity contribution in [2.45, 2.75) is 31.9 Å². The molecule has 0 saturated carbocycles. The van der Waals surface area contributed by atoms with Crippen molar-refractivity contribution in [1.82, 2.24) is 14.9 Å². The summed E-state index contributed by atoms with van der Waals surface area (Å²) in [6.07, 6.45) is 3.29. The number of H-pyrrole nitrogens is 1. The highest BCUT2D eigenvalue weighted by Crippen LogP contribution is 2.37. The number of pyridine rings is 1. The van der Waals surface area contributed by atoms with Crippen molar-refractivity contribution in [1.29, 1.82) is 0 Å². The van der Waals surface area contributed by atoms with Crippen LogP contribution in [0.3, 0.4) is 0 Å². The summed E-state index contributed by atoms with van der Waals surface area (Å²) in [5.41, 5.74) is 5.85. The summed E-state index contributed by atoms with van der Waals surface area (Å²) in [7, 11) is 1.68. The summed E-state index contributed by atoms with van der Waals surface area (Å²) in [6.45, 7) is 4.59. The molecule has 1 aliphatic heterocycles. The van der Waals surface area contributed by atoms with E-state index in [2.05, 4.69) is 52.1 Å². The van der Waals surface area contributed by atoms with E-state index in [9.17, 15) is 5.11 Å². The molecular formula is C27H29N3O2. The Morgan fingerprint density at radius 1 is 1.03 bits per heavy atom. The minimum atomic E-state index is -0.748. The molecule has 2 N–H and O–H groups in total. The molecule has 2 aromatic heterocycles. The highest BCUT2D eigenvalue weighted by atomic mass is 16.5. The van der Waals surface area contributed by atoms with Crippen LogP contribution in [0.25, 0.3) is 22.3 Å². The molecule has 0 atom stereocenters. The minimum Gasteiger partial charge on any atom is -0.497 e. The maximum Gasteiger partial charge on any atom is 0.138 e. The number of benzene rings is 2. The maximum atomic E-state index is 11.4. The van der Waals surface area contributed by atoms with Gasteiger partial charge >= 0.3 is 0 Å². The third-order valence-corrected chi connectivity index (χ3v) is 6.77. The topological polar surface area (TPSA) is 61.4 Å². The first-order chi connectivity index (χ1) is 15.6. The normalized spacial score (nSPS) is 16.3. The molecule has 1 fully saturated rings. The van der Waals surface area contributed by atoms with Gasteiger partial charge in [-0.2, -0.15) is 0 Å². The van der Waals surface area contributed by atoms with Crippen LogP contribution in [0.5, 0.6) is 5.75 Å². The second kappa shape index (κ2) is 8.41. The minimum absolute atomic E-state index is 0.732. The van der Waals surface area contributed by atoms with Crippen molar-refractivity contribution in [3.63, 3.8) is 0 Å². The Labute approximate surface area is 188 Å². The van der Waals surface area contributed by atoms with Gasteiger partial charge in [0.15, 0.2) is 0 Å². The number of aromatic amines is 1. The van der Waals surface area contributed by atoms with Crippen LogP contribution in [0.15, 0.2) is 66.9 Å². The molecule has 2 aromatic carbocycles. The zero-order chi connectivity index (χ0) is 22.1.